The van der Waals surface area contributed by atoms with E-state index in [-0.39, 0.29) is 5.78 Å². The Morgan fingerprint density at radius 1 is 1.40 bits per heavy atom. The smallest absolute Gasteiger partial charge is 0.163 e. The van der Waals surface area contributed by atoms with Crippen molar-refractivity contribution in [2.24, 2.45) is 5.92 Å². The fraction of sp³-hybridized carbons (Fsp3) is 0.875. The van der Waals surface area contributed by atoms with E-state index >= 15 is 0 Å². The van der Waals surface area contributed by atoms with E-state index in [9.17, 15) is 9.18 Å². The summed E-state index contributed by atoms with van der Waals surface area (Å²) in [5.74, 6) is 0.137. The van der Waals surface area contributed by atoms with Crippen LogP contribution in [-0.4, -0.2) is 12.0 Å². The molecule has 0 radical (unpaired) electrons. The van der Waals surface area contributed by atoms with E-state index in [1.165, 1.54) is 6.92 Å². The number of hydrogen-bond acceptors (Lipinski definition) is 1. The van der Waals surface area contributed by atoms with E-state index in [0.29, 0.717) is 12.3 Å². The van der Waals surface area contributed by atoms with Crippen LogP contribution in [0.25, 0.3) is 0 Å². The maximum Gasteiger partial charge on any atom is 0.163 e. The van der Waals surface area contributed by atoms with Crippen LogP contribution in [0.2, 0.25) is 0 Å². The molecule has 0 heterocycles. The molecule has 0 aromatic heterocycles. The summed E-state index contributed by atoms with van der Waals surface area (Å²) in [6.45, 7) is 5.34. The first-order chi connectivity index (χ1) is 4.54. The second-order valence-corrected chi connectivity index (χ2v) is 3.05. The van der Waals surface area contributed by atoms with E-state index in [4.69, 9.17) is 0 Å². The molecule has 0 aliphatic carbocycles. The normalized spacial score (nSPS) is 13.7. The molecule has 0 spiro atoms. The molecule has 0 bridgehead atoms. The standard InChI is InChI=1S/C8H15FO/c1-6(2)4-5-8(9)7(3)10/h6,8H,4-5H2,1-3H3/t8-/m0/s1. The number of ketones is 1. The van der Waals surface area contributed by atoms with Gasteiger partial charge in [0.2, 0.25) is 0 Å². The zero-order valence-corrected chi connectivity index (χ0v) is 6.86. The molecule has 0 aliphatic rings. The molecule has 0 unspecified atom stereocenters. The lowest BCUT2D eigenvalue weighted by atomic mass is 10.0. The Morgan fingerprint density at radius 2 is 1.90 bits per heavy atom. The van der Waals surface area contributed by atoms with Crippen LogP contribution >= 0.6 is 0 Å². The van der Waals surface area contributed by atoms with Crippen molar-refractivity contribution in [2.75, 3.05) is 0 Å². The third-order valence-electron chi connectivity index (χ3n) is 1.44. The van der Waals surface area contributed by atoms with Gasteiger partial charge < -0.3 is 0 Å². The molecule has 0 aromatic carbocycles. The van der Waals surface area contributed by atoms with Crippen molar-refractivity contribution in [2.45, 2.75) is 39.8 Å². The summed E-state index contributed by atoms with van der Waals surface area (Å²) in [6.07, 6.45) is -0.0595. The first-order valence-corrected chi connectivity index (χ1v) is 3.68. The quantitative estimate of drug-likeness (QED) is 0.595. The van der Waals surface area contributed by atoms with Crippen LogP contribution in [0.15, 0.2) is 0 Å². The molecule has 0 saturated heterocycles. The Bertz CT molecular complexity index is 110. The summed E-state index contributed by atoms with van der Waals surface area (Å²) >= 11 is 0. The molecule has 0 rings (SSSR count). The minimum Gasteiger partial charge on any atom is -0.297 e. The van der Waals surface area contributed by atoms with Crippen molar-refractivity contribution in [1.29, 1.82) is 0 Å². The fourth-order valence-electron chi connectivity index (χ4n) is 0.683. The van der Waals surface area contributed by atoms with Crippen molar-refractivity contribution in [1.82, 2.24) is 0 Å². The first kappa shape index (κ1) is 9.60. The average molecular weight is 146 g/mol. The number of carbonyl (C=O) groups is 1. The SMILES string of the molecule is CC(=O)[C@@H](F)CCC(C)C. The molecule has 0 aliphatic heterocycles. The van der Waals surface area contributed by atoms with E-state index in [1.807, 2.05) is 13.8 Å². The van der Waals surface area contributed by atoms with Crippen molar-refractivity contribution in [3.63, 3.8) is 0 Å². The molecular formula is C8H15FO. The Labute approximate surface area is 61.6 Å². The van der Waals surface area contributed by atoms with Gasteiger partial charge in [0.25, 0.3) is 0 Å². The van der Waals surface area contributed by atoms with Crippen molar-refractivity contribution in [3.05, 3.63) is 0 Å². The molecule has 0 N–H and O–H groups in total. The van der Waals surface area contributed by atoms with Gasteiger partial charge in [-0.25, -0.2) is 4.39 Å². The summed E-state index contributed by atoms with van der Waals surface area (Å²) in [7, 11) is 0. The molecule has 0 amide bonds. The minimum absolute atomic E-state index is 0.347. The molecule has 1 atom stereocenters. The van der Waals surface area contributed by atoms with Gasteiger partial charge in [-0.05, 0) is 25.7 Å². The molecule has 60 valence electrons. The van der Waals surface area contributed by atoms with Crippen molar-refractivity contribution < 1.29 is 9.18 Å². The van der Waals surface area contributed by atoms with Crippen LogP contribution in [0.4, 0.5) is 4.39 Å². The number of halogens is 1. The van der Waals surface area contributed by atoms with Crippen molar-refractivity contribution in [3.8, 4) is 0 Å². The molecule has 10 heavy (non-hydrogen) atoms. The maximum absolute atomic E-state index is 12.5. The van der Waals surface area contributed by atoms with Gasteiger partial charge in [0, 0.05) is 0 Å². The Balaban J connectivity index is 3.40. The van der Waals surface area contributed by atoms with Crippen LogP contribution in [0.3, 0.4) is 0 Å². The lowest BCUT2D eigenvalue weighted by molar-refractivity contribution is -0.121. The van der Waals surface area contributed by atoms with Crippen molar-refractivity contribution >= 4 is 5.78 Å². The van der Waals surface area contributed by atoms with Crippen LogP contribution in [0.5, 0.6) is 0 Å². The number of alkyl halides is 1. The Morgan fingerprint density at radius 3 is 2.20 bits per heavy atom. The van der Waals surface area contributed by atoms with Gasteiger partial charge in [-0.1, -0.05) is 13.8 Å². The topological polar surface area (TPSA) is 17.1 Å². The van der Waals surface area contributed by atoms with Gasteiger partial charge in [-0.3, -0.25) is 4.79 Å². The van der Waals surface area contributed by atoms with Gasteiger partial charge in [-0.2, -0.15) is 0 Å². The second kappa shape index (κ2) is 4.42. The fourth-order valence-corrected chi connectivity index (χ4v) is 0.683. The molecule has 0 saturated carbocycles. The van der Waals surface area contributed by atoms with E-state index in [0.717, 1.165) is 6.42 Å². The zero-order chi connectivity index (χ0) is 8.15. The number of hydrogen-bond donors (Lipinski definition) is 0. The number of carbonyl (C=O) groups excluding carboxylic acids is 1. The lowest BCUT2D eigenvalue weighted by Crippen LogP contribution is -2.11. The zero-order valence-electron chi connectivity index (χ0n) is 6.86. The van der Waals surface area contributed by atoms with E-state index < -0.39 is 6.17 Å². The molecule has 1 nitrogen and oxygen atoms in total. The highest BCUT2D eigenvalue weighted by Gasteiger charge is 2.11. The monoisotopic (exact) mass is 146 g/mol. The highest BCUT2D eigenvalue weighted by atomic mass is 19.1. The summed E-state index contributed by atoms with van der Waals surface area (Å²) in [5.41, 5.74) is 0. The molecule has 2 heteroatoms. The summed E-state index contributed by atoms with van der Waals surface area (Å²) in [4.78, 5) is 10.4. The van der Waals surface area contributed by atoms with Crippen LogP contribution in [-0.2, 0) is 4.79 Å². The van der Waals surface area contributed by atoms with Gasteiger partial charge in [0.15, 0.2) is 12.0 Å². The number of rotatable bonds is 4. The molecule has 0 aromatic rings. The second-order valence-electron chi connectivity index (χ2n) is 3.05. The molecular weight excluding hydrogens is 131 g/mol. The minimum atomic E-state index is -1.23. The van der Waals surface area contributed by atoms with Crippen LogP contribution < -0.4 is 0 Å². The lowest BCUT2D eigenvalue weighted by Gasteiger charge is -2.05. The highest BCUT2D eigenvalue weighted by molar-refractivity contribution is 5.80. The summed E-state index contributed by atoms with van der Waals surface area (Å²) in [5, 5.41) is 0. The average Bonchev–Trinajstić information content (AvgIpc) is 1.82. The highest BCUT2D eigenvalue weighted by Crippen LogP contribution is 2.09. The van der Waals surface area contributed by atoms with E-state index in [2.05, 4.69) is 0 Å². The summed E-state index contributed by atoms with van der Waals surface area (Å²) < 4.78 is 12.5. The first-order valence-electron chi connectivity index (χ1n) is 3.68. The van der Waals surface area contributed by atoms with Gasteiger partial charge >= 0.3 is 0 Å². The Hall–Kier alpha value is -0.400. The van der Waals surface area contributed by atoms with Crippen LogP contribution in [0.1, 0.15) is 33.6 Å². The third kappa shape index (κ3) is 4.48. The van der Waals surface area contributed by atoms with Gasteiger partial charge in [-0.15, -0.1) is 0 Å². The van der Waals surface area contributed by atoms with E-state index in [1.54, 1.807) is 0 Å². The molecule has 0 fully saturated rings. The predicted octanol–water partition coefficient (Wildman–Crippen LogP) is 2.35. The predicted molar refractivity (Wildman–Crippen MR) is 39.6 cm³/mol. The number of Topliss-reactive ketones (excluding diaryl/α,β-unsaturated/α-hetero) is 1. The van der Waals surface area contributed by atoms with Gasteiger partial charge in [0.1, 0.15) is 0 Å². The summed E-state index contributed by atoms with van der Waals surface area (Å²) in [6, 6.07) is 0. The third-order valence-corrected chi connectivity index (χ3v) is 1.44. The maximum atomic E-state index is 12.5. The largest absolute Gasteiger partial charge is 0.297 e. The van der Waals surface area contributed by atoms with Crippen LogP contribution in [0, 0.1) is 5.92 Å². The Kier molecular flexibility index (Phi) is 4.24. The van der Waals surface area contributed by atoms with Gasteiger partial charge in [0.05, 0.1) is 0 Å².